The van der Waals surface area contributed by atoms with E-state index in [0.29, 0.717) is 18.4 Å². The van der Waals surface area contributed by atoms with E-state index in [-0.39, 0.29) is 11.9 Å². The minimum Gasteiger partial charge on any atom is -0.469 e. The lowest BCUT2D eigenvalue weighted by Crippen LogP contribution is -2.22. The van der Waals surface area contributed by atoms with Crippen LogP contribution in [0.25, 0.3) is 11.3 Å². The van der Waals surface area contributed by atoms with Gasteiger partial charge in [0.05, 0.1) is 24.1 Å². The first-order chi connectivity index (χ1) is 17.9. The molecule has 1 aliphatic rings. The van der Waals surface area contributed by atoms with E-state index < -0.39 is 0 Å². The van der Waals surface area contributed by atoms with Crippen LogP contribution < -0.4 is 10.6 Å². The summed E-state index contributed by atoms with van der Waals surface area (Å²) in [6.45, 7) is 7.25. The Bertz CT molecular complexity index is 1300. The summed E-state index contributed by atoms with van der Waals surface area (Å²) in [5, 5.41) is 6.52. The summed E-state index contributed by atoms with van der Waals surface area (Å²) in [7, 11) is 1.40. The molecule has 0 fully saturated rings. The first-order valence-corrected chi connectivity index (χ1v) is 13.3. The SMILES string of the molecule is CCN(CC)Cc1ccc(N/C(=C2\C(=O)Nc3cc(Br)ccc32)c2ccc(CCC(=O)OC)cc2)cc1. The summed E-state index contributed by atoms with van der Waals surface area (Å²) in [5.41, 5.74) is 7.01. The maximum atomic E-state index is 13.2. The van der Waals surface area contributed by atoms with E-state index in [2.05, 4.69) is 69.6 Å². The van der Waals surface area contributed by atoms with Crippen molar-refractivity contribution >= 4 is 50.5 Å². The third kappa shape index (κ3) is 6.48. The molecule has 0 saturated heterocycles. The molecule has 0 unspecified atom stereocenters. The van der Waals surface area contributed by atoms with Crippen molar-refractivity contribution in [1.29, 1.82) is 0 Å². The number of hydrogen-bond donors (Lipinski definition) is 2. The van der Waals surface area contributed by atoms with Crippen molar-refractivity contribution in [3.05, 3.63) is 93.5 Å². The zero-order chi connectivity index (χ0) is 26.4. The predicted molar refractivity (Wildman–Crippen MR) is 153 cm³/mol. The highest BCUT2D eigenvalue weighted by Gasteiger charge is 2.28. The predicted octanol–water partition coefficient (Wildman–Crippen LogP) is 6.33. The van der Waals surface area contributed by atoms with Crippen molar-refractivity contribution in [2.24, 2.45) is 0 Å². The van der Waals surface area contributed by atoms with Gasteiger partial charge in [-0.2, -0.15) is 0 Å². The molecule has 0 saturated carbocycles. The molecule has 3 aromatic rings. The number of hydrogen-bond acceptors (Lipinski definition) is 5. The Morgan fingerprint density at radius 2 is 1.65 bits per heavy atom. The molecule has 3 aromatic carbocycles. The van der Waals surface area contributed by atoms with Crippen LogP contribution in [0.5, 0.6) is 0 Å². The van der Waals surface area contributed by atoms with Crippen LogP contribution in [0, 0.1) is 0 Å². The van der Waals surface area contributed by atoms with E-state index >= 15 is 0 Å². The Hall–Kier alpha value is -3.42. The van der Waals surface area contributed by atoms with Gasteiger partial charge in [-0.25, -0.2) is 0 Å². The van der Waals surface area contributed by atoms with Crippen LogP contribution in [0.15, 0.2) is 71.2 Å². The molecule has 0 atom stereocenters. The second-order valence-corrected chi connectivity index (χ2v) is 9.87. The lowest BCUT2D eigenvalue weighted by molar-refractivity contribution is -0.140. The number of amides is 1. The van der Waals surface area contributed by atoms with E-state index in [1.54, 1.807) is 0 Å². The second-order valence-electron chi connectivity index (χ2n) is 8.95. The van der Waals surface area contributed by atoms with E-state index in [9.17, 15) is 9.59 Å². The van der Waals surface area contributed by atoms with Crippen molar-refractivity contribution in [3.8, 4) is 0 Å². The summed E-state index contributed by atoms with van der Waals surface area (Å²) in [6.07, 6.45) is 0.921. The summed E-state index contributed by atoms with van der Waals surface area (Å²) in [5.74, 6) is -0.382. The van der Waals surface area contributed by atoms with Crippen LogP contribution in [0.3, 0.4) is 0 Å². The van der Waals surface area contributed by atoms with Crippen molar-refractivity contribution in [1.82, 2.24) is 4.90 Å². The van der Waals surface area contributed by atoms with Crippen molar-refractivity contribution < 1.29 is 14.3 Å². The van der Waals surface area contributed by atoms with Gasteiger partial charge in [-0.05, 0) is 60.5 Å². The van der Waals surface area contributed by atoms with Crippen LogP contribution in [-0.2, 0) is 27.3 Å². The van der Waals surface area contributed by atoms with Crippen LogP contribution in [0.1, 0.15) is 42.5 Å². The molecule has 1 heterocycles. The quantitative estimate of drug-likeness (QED) is 0.223. The van der Waals surface area contributed by atoms with Gasteiger partial charge in [0.15, 0.2) is 0 Å². The first kappa shape index (κ1) is 26.6. The van der Waals surface area contributed by atoms with Crippen molar-refractivity contribution in [3.63, 3.8) is 0 Å². The number of anilines is 2. The minimum absolute atomic E-state index is 0.150. The highest BCUT2D eigenvalue weighted by atomic mass is 79.9. The Balaban J connectivity index is 1.69. The number of nitrogens with one attached hydrogen (secondary N) is 2. The summed E-state index contributed by atoms with van der Waals surface area (Å²) >= 11 is 3.49. The van der Waals surface area contributed by atoms with Gasteiger partial charge in [0, 0.05) is 28.7 Å². The van der Waals surface area contributed by atoms with E-state index in [0.717, 1.165) is 57.9 Å². The zero-order valence-corrected chi connectivity index (χ0v) is 23.0. The second kappa shape index (κ2) is 12.2. The third-order valence-corrected chi connectivity index (χ3v) is 7.08. The van der Waals surface area contributed by atoms with Gasteiger partial charge in [0.2, 0.25) is 0 Å². The maximum absolute atomic E-state index is 13.2. The number of methoxy groups -OCH3 is 1. The number of fused-ring (bicyclic) bond motifs is 1. The highest BCUT2D eigenvalue weighted by Crippen LogP contribution is 2.39. The zero-order valence-electron chi connectivity index (χ0n) is 21.4. The van der Waals surface area contributed by atoms with Crippen molar-refractivity contribution in [2.45, 2.75) is 33.2 Å². The molecule has 0 radical (unpaired) electrons. The molecule has 4 rings (SSSR count). The number of carbonyl (C=O) groups excluding carboxylic acids is 2. The summed E-state index contributed by atoms with van der Waals surface area (Å²) in [4.78, 5) is 27.1. The maximum Gasteiger partial charge on any atom is 0.305 e. The number of halogens is 1. The topological polar surface area (TPSA) is 70.7 Å². The Kier molecular flexibility index (Phi) is 8.79. The molecule has 7 heteroatoms. The summed E-state index contributed by atoms with van der Waals surface area (Å²) < 4.78 is 5.66. The smallest absolute Gasteiger partial charge is 0.305 e. The van der Waals surface area contributed by atoms with Crippen molar-refractivity contribution in [2.75, 3.05) is 30.8 Å². The molecule has 0 aliphatic carbocycles. The van der Waals surface area contributed by atoms with Crippen LogP contribution in [0.4, 0.5) is 11.4 Å². The van der Waals surface area contributed by atoms with E-state index in [4.69, 9.17) is 4.74 Å². The lowest BCUT2D eigenvalue weighted by atomic mass is 9.98. The number of esters is 1. The largest absolute Gasteiger partial charge is 0.469 e. The first-order valence-electron chi connectivity index (χ1n) is 12.5. The Morgan fingerprint density at radius 3 is 2.30 bits per heavy atom. The fraction of sp³-hybridized carbons (Fsp3) is 0.267. The summed E-state index contributed by atoms with van der Waals surface area (Å²) in [6, 6.07) is 22.1. The van der Waals surface area contributed by atoms with Gasteiger partial charge in [-0.1, -0.05) is 72.2 Å². The Labute approximate surface area is 226 Å². The van der Waals surface area contributed by atoms with Crippen LogP contribution in [-0.4, -0.2) is 37.0 Å². The highest BCUT2D eigenvalue weighted by molar-refractivity contribution is 9.10. The molecular formula is C30H32BrN3O3. The molecule has 0 bridgehead atoms. The molecule has 192 valence electrons. The number of ether oxygens (including phenoxy) is 1. The lowest BCUT2D eigenvalue weighted by Gasteiger charge is -2.19. The van der Waals surface area contributed by atoms with Gasteiger partial charge in [-0.3, -0.25) is 14.5 Å². The fourth-order valence-electron chi connectivity index (χ4n) is 4.40. The molecule has 0 spiro atoms. The van der Waals surface area contributed by atoms with E-state index in [1.807, 2.05) is 42.5 Å². The number of rotatable bonds is 10. The van der Waals surface area contributed by atoms with Crippen LogP contribution in [0.2, 0.25) is 0 Å². The molecule has 1 aliphatic heterocycles. The monoisotopic (exact) mass is 561 g/mol. The molecule has 1 amide bonds. The van der Waals surface area contributed by atoms with Gasteiger partial charge < -0.3 is 15.4 Å². The molecular weight excluding hydrogens is 530 g/mol. The Morgan fingerprint density at radius 1 is 0.973 bits per heavy atom. The van der Waals surface area contributed by atoms with Gasteiger partial charge >= 0.3 is 5.97 Å². The van der Waals surface area contributed by atoms with E-state index in [1.165, 1.54) is 12.7 Å². The fourth-order valence-corrected chi connectivity index (χ4v) is 4.76. The average molecular weight is 563 g/mol. The average Bonchev–Trinajstić information content (AvgIpc) is 3.24. The minimum atomic E-state index is -0.233. The molecule has 2 N–H and O–H groups in total. The van der Waals surface area contributed by atoms with Gasteiger partial charge in [-0.15, -0.1) is 0 Å². The molecule has 37 heavy (non-hydrogen) atoms. The number of nitrogens with zero attached hydrogens (tertiary/aromatic N) is 1. The standard InChI is InChI=1S/C30H32BrN3O3/c1-4-34(5-2)19-21-8-14-24(15-9-21)32-29(22-11-6-20(7-12-22)10-17-27(35)37-3)28-25-16-13-23(31)18-26(25)33-30(28)36/h6-9,11-16,18,32H,4-5,10,17,19H2,1-3H3,(H,33,36)/b29-28-. The normalized spacial score (nSPS) is 13.8. The van der Waals surface area contributed by atoms with Crippen LogP contribution >= 0.6 is 15.9 Å². The number of benzene rings is 3. The van der Waals surface area contributed by atoms with Gasteiger partial charge in [0.1, 0.15) is 0 Å². The molecule has 0 aromatic heterocycles. The van der Waals surface area contributed by atoms with Gasteiger partial charge in [0.25, 0.3) is 5.91 Å². The third-order valence-electron chi connectivity index (χ3n) is 6.59. The number of aryl methyl sites for hydroxylation is 1. The molecule has 6 nitrogen and oxygen atoms in total. The number of carbonyl (C=O) groups is 2.